The van der Waals surface area contributed by atoms with Crippen LogP contribution in [-0.4, -0.2) is 46.0 Å². The minimum Gasteiger partial charge on any atom is -0.496 e. The van der Waals surface area contributed by atoms with Gasteiger partial charge in [0.2, 0.25) is 10.0 Å². The Morgan fingerprint density at radius 2 is 1.80 bits per heavy atom. The summed E-state index contributed by atoms with van der Waals surface area (Å²) in [6.45, 7) is 3.57. The van der Waals surface area contributed by atoms with Gasteiger partial charge in [-0.1, -0.05) is 18.2 Å². The van der Waals surface area contributed by atoms with Crippen molar-refractivity contribution in [3.8, 4) is 5.75 Å². The summed E-state index contributed by atoms with van der Waals surface area (Å²) in [6, 6.07) is 14.7. The van der Waals surface area contributed by atoms with Crippen LogP contribution in [0.5, 0.6) is 5.75 Å². The lowest BCUT2D eigenvalue weighted by atomic mass is 10.2. The van der Waals surface area contributed by atoms with Crippen LogP contribution in [0.4, 0.5) is 0 Å². The Labute approximate surface area is 157 Å². The van der Waals surface area contributed by atoms with Gasteiger partial charge in [0.15, 0.2) is 0 Å². The number of sulfonamides is 1. The number of rotatable bonds is 5. The molecule has 1 fully saturated rings. The Kier molecular flexibility index (Phi) is 5.78. The molecule has 2 aromatic rings. The molecule has 3 rings (SSSR count). The van der Waals surface area contributed by atoms with E-state index in [0.717, 1.165) is 29.9 Å². The Hall–Kier alpha value is -1.41. The predicted molar refractivity (Wildman–Crippen MR) is 100 cm³/mol. The van der Waals surface area contributed by atoms with Crippen LogP contribution in [-0.2, 0) is 16.6 Å². The second-order valence-corrected chi connectivity index (χ2v) is 8.91. The van der Waals surface area contributed by atoms with E-state index in [1.54, 1.807) is 35.7 Å². The fraction of sp³-hybridized carbons (Fsp3) is 0.333. The molecule has 0 aliphatic carbocycles. The molecule has 0 atom stereocenters. The molecule has 1 saturated heterocycles. The van der Waals surface area contributed by atoms with E-state index in [-0.39, 0.29) is 0 Å². The summed E-state index contributed by atoms with van der Waals surface area (Å²) in [6.07, 6.45) is 0. The SMILES string of the molecule is COc1ccc(C[NH+]2CCN(S(=O)(=O)c3ccccc3)CC2)cc1Br. The summed E-state index contributed by atoms with van der Waals surface area (Å²) in [5.41, 5.74) is 1.21. The minimum atomic E-state index is -3.38. The zero-order valence-corrected chi connectivity index (χ0v) is 16.5. The lowest BCUT2D eigenvalue weighted by molar-refractivity contribution is -0.917. The van der Waals surface area contributed by atoms with Crippen LogP contribution in [0, 0.1) is 0 Å². The van der Waals surface area contributed by atoms with Gasteiger partial charge in [0.05, 0.1) is 42.7 Å². The summed E-state index contributed by atoms with van der Waals surface area (Å²) >= 11 is 3.51. The maximum Gasteiger partial charge on any atom is 0.243 e. The van der Waals surface area contributed by atoms with Crippen LogP contribution in [0.2, 0.25) is 0 Å². The van der Waals surface area contributed by atoms with Gasteiger partial charge in [-0.3, -0.25) is 0 Å². The molecule has 134 valence electrons. The molecule has 0 unspecified atom stereocenters. The Bertz CT molecular complexity index is 819. The summed E-state index contributed by atoms with van der Waals surface area (Å²) in [4.78, 5) is 1.76. The lowest BCUT2D eigenvalue weighted by Crippen LogP contribution is -3.13. The van der Waals surface area contributed by atoms with Gasteiger partial charge in [0, 0.05) is 5.56 Å². The van der Waals surface area contributed by atoms with E-state index in [1.165, 1.54) is 10.5 Å². The number of nitrogens with one attached hydrogen (secondary N) is 1. The molecular formula is C18H22BrN2O3S+. The second-order valence-electron chi connectivity index (χ2n) is 6.11. The number of piperazine rings is 1. The van der Waals surface area contributed by atoms with E-state index in [0.29, 0.717) is 18.0 Å². The molecule has 0 bridgehead atoms. The molecule has 0 saturated carbocycles. The number of ether oxygens (including phenoxy) is 1. The highest BCUT2D eigenvalue weighted by atomic mass is 79.9. The Morgan fingerprint density at radius 1 is 1.12 bits per heavy atom. The first-order valence-electron chi connectivity index (χ1n) is 8.22. The first-order chi connectivity index (χ1) is 12.0. The molecule has 0 aromatic heterocycles. The third-order valence-corrected chi connectivity index (χ3v) is 7.01. The summed E-state index contributed by atoms with van der Waals surface area (Å²) in [5, 5.41) is 0. The van der Waals surface area contributed by atoms with Crippen molar-refractivity contribution in [1.29, 1.82) is 0 Å². The zero-order chi connectivity index (χ0) is 17.9. The maximum atomic E-state index is 12.7. The van der Waals surface area contributed by atoms with Crippen molar-refractivity contribution in [3.05, 3.63) is 58.6 Å². The summed E-state index contributed by atoms with van der Waals surface area (Å²) < 4.78 is 33.1. The van der Waals surface area contributed by atoms with Crippen molar-refractivity contribution in [3.63, 3.8) is 0 Å². The van der Waals surface area contributed by atoms with E-state index in [1.807, 2.05) is 12.1 Å². The third-order valence-electron chi connectivity index (χ3n) is 4.48. The fourth-order valence-corrected chi connectivity index (χ4v) is 5.12. The van der Waals surface area contributed by atoms with Gasteiger partial charge < -0.3 is 9.64 Å². The van der Waals surface area contributed by atoms with Gasteiger partial charge in [0.1, 0.15) is 12.3 Å². The summed E-state index contributed by atoms with van der Waals surface area (Å²) in [7, 11) is -1.73. The standard InChI is InChI=1S/C18H21BrN2O3S/c1-24-18-8-7-15(13-17(18)19)14-20-9-11-21(12-10-20)25(22,23)16-5-3-2-4-6-16/h2-8,13H,9-12,14H2,1H3/p+1. The highest BCUT2D eigenvalue weighted by molar-refractivity contribution is 9.10. The van der Waals surface area contributed by atoms with Crippen molar-refractivity contribution in [2.45, 2.75) is 11.4 Å². The number of methoxy groups -OCH3 is 1. The third kappa shape index (κ3) is 4.23. The lowest BCUT2D eigenvalue weighted by Gasteiger charge is -2.31. The maximum absolute atomic E-state index is 12.7. The second kappa shape index (κ2) is 7.86. The van der Waals surface area contributed by atoms with Gasteiger partial charge in [-0.25, -0.2) is 8.42 Å². The molecule has 1 aliphatic heterocycles. The van der Waals surface area contributed by atoms with Crippen LogP contribution >= 0.6 is 15.9 Å². The monoisotopic (exact) mass is 425 g/mol. The van der Waals surface area contributed by atoms with Crippen LogP contribution in [0.1, 0.15) is 5.56 Å². The van der Waals surface area contributed by atoms with E-state index in [2.05, 4.69) is 28.1 Å². The normalized spacial score (nSPS) is 16.7. The number of hydrogen-bond acceptors (Lipinski definition) is 3. The summed E-state index contributed by atoms with van der Waals surface area (Å²) in [5.74, 6) is 0.817. The average molecular weight is 426 g/mol. The highest BCUT2D eigenvalue weighted by Gasteiger charge is 2.30. The van der Waals surface area contributed by atoms with Crippen molar-refractivity contribution >= 4 is 26.0 Å². The van der Waals surface area contributed by atoms with E-state index in [4.69, 9.17) is 4.74 Å². The van der Waals surface area contributed by atoms with Crippen molar-refractivity contribution in [2.24, 2.45) is 0 Å². The first kappa shape index (κ1) is 18.4. The predicted octanol–water partition coefficient (Wildman–Crippen LogP) is 1.55. The molecule has 0 spiro atoms. The number of quaternary nitrogens is 1. The van der Waals surface area contributed by atoms with Gasteiger partial charge >= 0.3 is 0 Å². The van der Waals surface area contributed by atoms with Crippen molar-refractivity contribution in [1.82, 2.24) is 4.31 Å². The quantitative estimate of drug-likeness (QED) is 0.790. The van der Waals surface area contributed by atoms with Gasteiger partial charge in [-0.15, -0.1) is 0 Å². The first-order valence-corrected chi connectivity index (χ1v) is 10.4. The molecular weight excluding hydrogens is 404 g/mol. The number of hydrogen-bond donors (Lipinski definition) is 1. The highest BCUT2D eigenvalue weighted by Crippen LogP contribution is 2.25. The number of nitrogens with zero attached hydrogens (tertiary/aromatic N) is 1. The zero-order valence-electron chi connectivity index (χ0n) is 14.1. The molecule has 2 aromatic carbocycles. The molecule has 1 heterocycles. The number of halogens is 1. The molecule has 1 N–H and O–H groups in total. The molecule has 1 aliphatic rings. The smallest absolute Gasteiger partial charge is 0.243 e. The fourth-order valence-electron chi connectivity index (χ4n) is 3.07. The largest absolute Gasteiger partial charge is 0.496 e. The van der Waals surface area contributed by atoms with Gasteiger partial charge in [-0.2, -0.15) is 4.31 Å². The van der Waals surface area contributed by atoms with E-state index >= 15 is 0 Å². The van der Waals surface area contributed by atoms with E-state index < -0.39 is 10.0 Å². The van der Waals surface area contributed by atoms with Crippen LogP contribution in [0.3, 0.4) is 0 Å². The van der Waals surface area contributed by atoms with Crippen LogP contribution in [0.15, 0.2) is 57.9 Å². The van der Waals surface area contributed by atoms with E-state index in [9.17, 15) is 8.42 Å². The van der Waals surface area contributed by atoms with Gasteiger partial charge in [-0.05, 0) is 46.3 Å². The Morgan fingerprint density at radius 3 is 2.40 bits per heavy atom. The molecule has 5 nitrogen and oxygen atoms in total. The van der Waals surface area contributed by atoms with Crippen LogP contribution < -0.4 is 9.64 Å². The Balaban J connectivity index is 1.61. The van der Waals surface area contributed by atoms with Gasteiger partial charge in [0.25, 0.3) is 0 Å². The number of benzene rings is 2. The molecule has 0 radical (unpaired) electrons. The minimum absolute atomic E-state index is 0.373. The average Bonchev–Trinajstić information content (AvgIpc) is 2.63. The molecule has 7 heteroatoms. The van der Waals surface area contributed by atoms with Crippen molar-refractivity contribution in [2.75, 3.05) is 33.3 Å². The molecule has 25 heavy (non-hydrogen) atoms. The topological polar surface area (TPSA) is 51.1 Å². The molecule has 0 amide bonds. The van der Waals surface area contributed by atoms with Crippen molar-refractivity contribution < 1.29 is 18.1 Å². The van der Waals surface area contributed by atoms with Crippen LogP contribution in [0.25, 0.3) is 0 Å².